The summed E-state index contributed by atoms with van der Waals surface area (Å²) in [4.78, 5) is 15.9. The Labute approximate surface area is 122 Å². The SMILES string of the molecule is COC(=O)C(NCc1cccnc1)c1ccc(Cl)cc1. The molecule has 0 fully saturated rings. The summed E-state index contributed by atoms with van der Waals surface area (Å²) in [6.45, 7) is 0.524. The Morgan fingerprint density at radius 1 is 1.35 bits per heavy atom. The van der Waals surface area contributed by atoms with Crippen molar-refractivity contribution in [2.45, 2.75) is 12.6 Å². The zero-order valence-electron chi connectivity index (χ0n) is 11.0. The molecular weight excluding hydrogens is 276 g/mol. The Balaban J connectivity index is 2.12. The number of ether oxygens (including phenoxy) is 1. The number of hydrogen-bond donors (Lipinski definition) is 1. The fourth-order valence-corrected chi connectivity index (χ4v) is 1.96. The van der Waals surface area contributed by atoms with Crippen molar-refractivity contribution in [3.05, 3.63) is 64.9 Å². The van der Waals surface area contributed by atoms with Crippen molar-refractivity contribution in [3.8, 4) is 0 Å². The minimum atomic E-state index is -0.530. The minimum absolute atomic E-state index is 0.337. The number of hydrogen-bond acceptors (Lipinski definition) is 4. The number of methoxy groups -OCH3 is 1. The van der Waals surface area contributed by atoms with Gasteiger partial charge in [-0.05, 0) is 29.3 Å². The molecule has 20 heavy (non-hydrogen) atoms. The average Bonchev–Trinajstić information content (AvgIpc) is 2.50. The molecule has 104 valence electrons. The van der Waals surface area contributed by atoms with Crippen LogP contribution in [-0.2, 0) is 16.1 Å². The monoisotopic (exact) mass is 290 g/mol. The molecule has 4 nitrogen and oxygen atoms in total. The predicted octanol–water partition coefficient (Wildman–Crippen LogP) is 2.74. The van der Waals surface area contributed by atoms with Gasteiger partial charge in [0.15, 0.2) is 0 Å². The van der Waals surface area contributed by atoms with E-state index in [4.69, 9.17) is 16.3 Å². The van der Waals surface area contributed by atoms with Gasteiger partial charge in [0.1, 0.15) is 6.04 Å². The van der Waals surface area contributed by atoms with Gasteiger partial charge in [0.25, 0.3) is 0 Å². The van der Waals surface area contributed by atoms with Crippen LogP contribution in [0, 0.1) is 0 Å². The number of carbonyl (C=O) groups is 1. The normalized spacial score (nSPS) is 11.9. The number of halogens is 1. The molecule has 2 aromatic rings. The van der Waals surface area contributed by atoms with E-state index in [2.05, 4.69) is 10.3 Å². The second kappa shape index (κ2) is 7.03. The Morgan fingerprint density at radius 2 is 2.10 bits per heavy atom. The Kier molecular flexibility index (Phi) is 5.09. The van der Waals surface area contributed by atoms with E-state index in [1.54, 1.807) is 36.7 Å². The molecule has 0 saturated carbocycles. The summed E-state index contributed by atoms with van der Waals surface area (Å²) in [5, 5.41) is 3.79. The van der Waals surface area contributed by atoms with Crippen molar-refractivity contribution in [1.29, 1.82) is 0 Å². The van der Waals surface area contributed by atoms with E-state index in [0.29, 0.717) is 11.6 Å². The van der Waals surface area contributed by atoms with Gasteiger partial charge in [-0.15, -0.1) is 0 Å². The molecule has 1 aromatic carbocycles. The molecule has 1 aromatic heterocycles. The zero-order valence-corrected chi connectivity index (χ0v) is 11.8. The lowest BCUT2D eigenvalue weighted by Gasteiger charge is -2.17. The molecule has 0 spiro atoms. The van der Waals surface area contributed by atoms with Crippen LogP contribution in [0.2, 0.25) is 5.02 Å². The van der Waals surface area contributed by atoms with E-state index < -0.39 is 6.04 Å². The van der Waals surface area contributed by atoms with Crippen LogP contribution in [0.5, 0.6) is 0 Å². The standard InChI is InChI=1S/C15H15ClN2O2/c1-20-15(19)14(12-4-6-13(16)7-5-12)18-10-11-3-2-8-17-9-11/h2-9,14,18H,10H2,1H3. The highest BCUT2D eigenvalue weighted by Gasteiger charge is 2.20. The molecule has 1 atom stereocenters. The summed E-state index contributed by atoms with van der Waals surface area (Å²) in [5.41, 5.74) is 1.81. The number of esters is 1. The lowest BCUT2D eigenvalue weighted by atomic mass is 10.1. The summed E-state index contributed by atoms with van der Waals surface area (Å²) in [6, 6.07) is 10.4. The third-order valence-electron chi connectivity index (χ3n) is 2.87. The maximum Gasteiger partial charge on any atom is 0.327 e. The third kappa shape index (κ3) is 3.79. The van der Waals surface area contributed by atoms with Crippen molar-refractivity contribution in [3.63, 3.8) is 0 Å². The molecule has 1 unspecified atom stereocenters. The Hall–Kier alpha value is -1.91. The molecule has 0 saturated heterocycles. The molecule has 1 heterocycles. The molecule has 0 aliphatic rings. The van der Waals surface area contributed by atoms with Gasteiger partial charge in [-0.25, -0.2) is 4.79 Å². The second-order valence-corrected chi connectivity index (χ2v) is 4.69. The number of nitrogens with one attached hydrogen (secondary N) is 1. The number of carbonyl (C=O) groups excluding carboxylic acids is 1. The van der Waals surface area contributed by atoms with E-state index >= 15 is 0 Å². The van der Waals surface area contributed by atoms with Gasteiger partial charge in [0.2, 0.25) is 0 Å². The maximum absolute atomic E-state index is 11.9. The van der Waals surface area contributed by atoms with Crippen LogP contribution in [0.4, 0.5) is 0 Å². The first-order valence-electron chi connectivity index (χ1n) is 6.16. The van der Waals surface area contributed by atoms with Crippen molar-refractivity contribution < 1.29 is 9.53 Å². The Morgan fingerprint density at radius 3 is 2.70 bits per heavy atom. The summed E-state index contributed by atoms with van der Waals surface area (Å²) >= 11 is 5.86. The summed E-state index contributed by atoms with van der Waals surface area (Å²) < 4.78 is 4.84. The smallest absolute Gasteiger partial charge is 0.327 e. The quantitative estimate of drug-likeness (QED) is 0.860. The molecule has 0 bridgehead atoms. The average molecular weight is 291 g/mol. The maximum atomic E-state index is 11.9. The van der Waals surface area contributed by atoms with Gasteiger partial charge in [-0.1, -0.05) is 29.8 Å². The minimum Gasteiger partial charge on any atom is -0.468 e. The van der Waals surface area contributed by atoms with Crippen LogP contribution >= 0.6 is 11.6 Å². The van der Waals surface area contributed by atoms with E-state index in [9.17, 15) is 4.79 Å². The molecule has 1 N–H and O–H groups in total. The van der Waals surface area contributed by atoms with Crippen molar-refractivity contribution in [2.24, 2.45) is 0 Å². The Bertz CT molecular complexity index is 558. The second-order valence-electron chi connectivity index (χ2n) is 4.25. The largest absolute Gasteiger partial charge is 0.468 e. The lowest BCUT2D eigenvalue weighted by Crippen LogP contribution is -2.29. The summed E-state index contributed by atoms with van der Waals surface area (Å²) in [7, 11) is 1.37. The van der Waals surface area contributed by atoms with Gasteiger partial charge < -0.3 is 4.74 Å². The fourth-order valence-electron chi connectivity index (χ4n) is 1.83. The van der Waals surface area contributed by atoms with Gasteiger partial charge in [0, 0.05) is 24.0 Å². The summed E-state index contributed by atoms with van der Waals surface area (Å²) in [5.74, 6) is -0.337. The molecule has 0 aliphatic heterocycles. The molecular formula is C15H15ClN2O2. The van der Waals surface area contributed by atoms with E-state index in [-0.39, 0.29) is 5.97 Å². The number of rotatable bonds is 5. The highest BCUT2D eigenvalue weighted by molar-refractivity contribution is 6.30. The number of aromatic nitrogens is 1. The van der Waals surface area contributed by atoms with Crippen molar-refractivity contribution >= 4 is 17.6 Å². The van der Waals surface area contributed by atoms with E-state index in [0.717, 1.165) is 11.1 Å². The van der Waals surface area contributed by atoms with Crippen LogP contribution in [0.25, 0.3) is 0 Å². The lowest BCUT2D eigenvalue weighted by molar-refractivity contribution is -0.143. The summed E-state index contributed by atoms with van der Waals surface area (Å²) in [6.07, 6.45) is 3.46. The van der Waals surface area contributed by atoms with Crippen molar-refractivity contribution in [2.75, 3.05) is 7.11 Å². The van der Waals surface area contributed by atoms with E-state index in [1.165, 1.54) is 7.11 Å². The van der Waals surface area contributed by atoms with Gasteiger partial charge in [0.05, 0.1) is 7.11 Å². The van der Waals surface area contributed by atoms with Crippen LogP contribution in [-0.4, -0.2) is 18.1 Å². The predicted molar refractivity (Wildman–Crippen MR) is 77.3 cm³/mol. The highest BCUT2D eigenvalue weighted by atomic mass is 35.5. The molecule has 2 rings (SSSR count). The molecule has 0 radical (unpaired) electrons. The zero-order chi connectivity index (χ0) is 14.4. The highest BCUT2D eigenvalue weighted by Crippen LogP contribution is 2.18. The number of nitrogens with zero attached hydrogens (tertiary/aromatic N) is 1. The van der Waals surface area contributed by atoms with Crippen LogP contribution in [0.3, 0.4) is 0 Å². The van der Waals surface area contributed by atoms with Gasteiger partial charge in [-0.3, -0.25) is 10.3 Å². The van der Waals surface area contributed by atoms with Crippen molar-refractivity contribution in [1.82, 2.24) is 10.3 Å². The first kappa shape index (κ1) is 14.5. The molecule has 0 amide bonds. The fraction of sp³-hybridized carbons (Fsp3) is 0.200. The first-order valence-corrected chi connectivity index (χ1v) is 6.54. The third-order valence-corrected chi connectivity index (χ3v) is 3.13. The molecule has 5 heteroatoms. The van der Waals surface area contributed by atoms with E-state index in [1.807, 2.05) is 12.1 Å². The van der Waals surface area contributed by atoms with Crippen LogP contribution in [0.1, 0.15) is 17.2 Å². The van der Waals surface area contributed by atoms with Gasteiger partial charge >= 0.3 is 5.97 Å². The van der Waals surface area contributed by atoms with Crippen LogP contribution in [0.15, 0.2) is 48.8 Å². The number of pyridine rings is 1. The number of benzene rings is 1. The van der Waals surface area contributed by atoms with Crippen LogP contribution < -0.4 is 5.32 Å². The first-order chi connectivity index (χ1) is 9.70. The topological polar surface area (TPSA) is 51.2 Å². The molecule has 0 aliphatic carbocycles. The van der Waals surface area contributed by atoms with Gasteiger partial charge in [-0.2, -0.15) is 0 Å².